The molecular formula is C50H86O. The van der Waals surface area contributed by atoms with Crippen LogP contribution < -0.4 is 4.74 Å². The second kappa shape index (κ2) is 32.9. The SMILES string of the molecule is CCCCCCCCCCCCCCCc1c(CCCC)cccc1Oc1cccc(CCCC)c1CCCCCCCCCCCCCCC. The van der Waals surface area contributed by atoms with Gasteiger partial charge in [0.25, 0.3) is 0 Å². The van der Waals surface area contributed by atoms with Crippen LogP contribution in [0.25, 0.3) is 0 Å². The van der Waals surface area contributed by atoms with Crippen molar-refractivity contribution in [2.75, 3.05) is 0 Å². The molecule has 0 heterocycles. The van der Waals surface area contributed by atoms with Crippen LogP contribution in [0.15, 0.2) is 36.4 Å². The van der Waals surface area contributed by atoms with E-state index in [1.54, 1.807) is 0 Å². The Hall–Kier alpha value is -1.76. The van der Waals surface area contributed by atoms with Crippen LogP contribution >= 0.6 is 0 Å². The lowest BCUT2D eigenvalue weighted by atomic mass is 9.95. The molecule has 0 spiro atoms. The molecule has 1 nitrogen and oxygen atoms in total. The zero-order chi connectivity index (χ0) is 36.5. The van der Waals surface area contributed by atoms with Crippen LogP contribution in [0.5, 0.6) is 11.5 Å². The maximum atomic E-state index is 7.01. The maximum absolute atomic E-state index is 7.01. The van der Waals surface area contributed by atoms with Gasteiger partial charge in [0.2, 0.25) is 0 Å². The summed E-state index contributed by atoms with van der Waals surface area (Å²) in [4.78, 5) is 0. The minimum Gasteiger partial charge on any atom is -0.457 e. The molecule has 0 unspecified atom stereocenters. The summed E-state index contributed by atoms with van der Waals surface area (Å²) in [6.45, 7) is 9.25. The Kier molecular flexibility index (Phi) is 29.2. The van der Waals surface area contributed by atoms with Crippen LogP contribution in [0, 0.1) is 0 Å². The number of ether oxygens (including phenoxy) is 1. The number of unbranched alkanes of at least 4 members (excludes halogenated alkanes) is 26. The van der Waals surface area contributed by atoms with Gasteiger partial charge < -0.3 is 4.74 Å². The molecule has 0 saturated heterocycles. The molecule has 0 aliphatic heterocycles. The average molecular weight is 703 g/mol. The van der Waals surface area contributed by atoms with Gasteiger partial charge in [-0.3, -0.25) is 0 Å². The largest absolute Gasteiger partial charge is 0.457 e. The van der Waals surface area contributed by atoms with Crippen LogP contribution in [0.2, 0.25) is 0 Å². The van der Waals surface area contributed by atoms with Gasteiger partial charge in [0.05, 0.1) is 0 Å². The third-order valence-corrected chi connectivity index (χ3v) is 11.3. The van der Waals surface area contributed by atoms with E-state index in [0.29, 0.717) is 0 Å². The Bertz CT molecular complexity index is 970. The first kappa shape index (κ1) is 45.4. The van der Waals surface area contributed by atoms with Gasteiger partial charge in [0, 0.05) is 0 Å². The summed E-state index contributed by atoms with van der Waals surface area (Å²) in [7, 11) is 0. The molecule has 51 heavy (non-hydrogen) atoms. The number of hydrogen-bond donors (Lipinski definition) is 0. The molecule has 2 rings (SSSR count). The van der Waals surface area contributed by atoms with Crippen molar-refractivity contribution in [1.82, 2.24) is 0 Å². The molecule has 2 aromatic carbocycles. The van der Waals surface area contributed by atoms with Crippen molar-refractivity contribution in [3.63, 3.8) is 0 Å². The summed E-state index contributed by atoms with van der Waals surface area (Å²) in [5.41, 5.74) is 6.02. The maximum Gasteiger partial charge on any atom is 0.130 e. The minimum atomic E-state index is 1.13. The molecule has 2 aromatic rings. The summed E-state index contributed by atoms with van der Waals surface area (Å²) in [5, 5.41) is 0. The lowest BCUT2D eigenvalue weighted by molar-refractivity contribution is 0.463. The van der Waals surface area contributed by atoms with E-state index >= 15 is 0 Å². The first-order chi connectivity index (χ1) is 25.2. The number of hydrogen-bond acceptors (Lipinski definition) is 1. The highest BCUT2D eigenvalue weighted by atomic mass is 16.5. The van der Waals surface area contributed by atoms with Crippen molar-refractivity contribution in [2.24, 2.45) is 0 Å². The lowest BCUT2D eigenvalue weighted by Gasteiger charge is -2.19. The van der Waals surface area contributed by atoms with Gasteiger partial charge in [-0.15, -0.1) is 0 Å². The van der Waals surface area contributed by atoms with Gasteiger partial charge in [-0.25, -0.2) is 0 Å². The van der Waals surface area contributed by atoms with E-state index in [0.717, 1.165) is 24.3 Å². The molecule has 0 bridgehead atoms. The molecule has 0 fully saturated rings. The normalized spacial score (nSPS) is 11.5. The van der Waals surface area contributed by atoms with E-state index in [1.807, 2.05) is 0 Å². The van der Waals surface area contributed by atoms with Crippen LogP contribution in [0.3, 0.4) is 0 Å². The van der Waals surface area contributed by atoms with Gasteiger partial charge in [0.1, 0.15) is 11.5 Å². The molecule has 0 aliphatic carbocycles. The van der Waals surface area contributed by atoms with Gasteiger partial charge in [-0.2, -0.15) is 0 Å². The second-order valence-corrected chi connectivity index (χ2v) is 16.1. The van der Waals surface area contributed by atoms with E-state index in [2.05, 4.69) is 64.1 Å². The van der Waals surface area contributed by atoms with Gasteiger partial charge in [0.15, 0.2) is 0 Å². The molecular weight excluding hydrogens is 617 g/mol. The molecule has 292 valence electrons. The Morgan fingerprint density at radius 2 is 0.569 bits per heavy atom. The predicted molar refractivity (Wildman–Crippen MR) is 229 cm³/mol. The fraction of sp³-hybridized carbons (Fsp3) is 0.760. The molecule has 0 radical (unpaired) electrons. The summed E-state index contributed by atoms with van der Waals surface area (Å²) in [5.74, 6) is 2.25. The molecule has 0 atom stereocenters. The van der Waals surface area contributed by atoms with E-state index < -0.39 is 0 Å². The van der Waals surface area contributed by atoms with Crippen LogP contribution in [0.4, 0.5) is 0 Å². The van der Waals surface area contributed by atoms with Crippen molar-refractivity contribution >= 4 is 0 Å². The van der Waals surface area contributed by atoms with E-state index in [4.69, 9.17) is 4.74 Å². The smallest absolute Gasteiger partial charge is 0.130 e. The average Bonchev–Trinajstić information content (AvgIpc) is 3.14. The zero-order valence-corrected chi connectivity index (χ0v) is 34.9. The second-order valence-electron chi connectivity index (χ2n) is 16.1. The molecule has 0 N–H and O–H groups in total. The summed E-state index contributed by atoms with van der Waals surface area (Å²) >= 11 is 0. The Morgan fingerprint density at radius 1 is 0.294 bits per heavy atom. The first-order valence-electron chi connectivity index (χ1n) is 23.1. The fourth-order valence-electron chi connectivity index (χ4n) is 7.94. The van der Waals surface area contributed by atoms with Crippen molar-refractivity contribution in [3.8, 4) is 11.5 Å². The number of benzene rings is 2. The van der Waals surface area contributed by atoms with Gasteiger partial charge >= 0.3 is 0 Å². The molecule has 1 heteroatoms. The highest BCUT2D eigenvalue weighted by Crippen LogP contribution is 2.35. The third kappa shape index (κ3) is 22.1. The van der Waals surface area contributed by atoms with Crippen molar-refractivity contribution in [1.29, 1.82) is 0 Å². The number of aryl methyl sites for hydroxylation is 2. The fourth-order valence-corrected chi connectivity index (χ4v) is 7.94. The van der Waals surface area contributed by atoms with Crippen LogP contribution in [-0.2, 0) is 25.7 Å². The Labute approximate surface area is 319 Å². The zero-order valence-electron chi connectivity index (χ0n) is 34.9. The number of rotatable bonds is 36. The molecule has 0 amide bonds. The highest BCUT2D eigenvalue weighted by molar-refractivity contribution is 5.47. The topological polar surface area (TPSA) is 9.23 Å². The molecule has 0 aromatic heterocycles. The predicted octanol–water partition coefficient (Wildman–Crippen LogP) is 17.4. The van der Waals surface area contributed by atoms with Gasteiger partial charge in [-0.1, -0.05) is 219 Å². The highest BCUT2D eigenvalue weighted by Gasteiger charge is 2.15. The quantitative estimate of drug-likeness (QED) is 0.0642. The Balaban J connectivity index is 1.89. The summed E-state index contributed by atoms with van der Waals surface area (Å²) < 4.78 is 7.01. The van der Waals surface area contributed by atoms with Crippen LogP contribution in [-0.4, -0.2) is 0 Å². The van der Waals surface area contributed by atoms with E-state index in [9.17, 15) is 0 Å². The van der Waals surface area contributed by atoms with Crippen molar-refractivity contribution in [2.45, 2.75) is 246 Å². The molecule has 0 saturated carbocycles. The third-order valence-electron chi connectivity index (χ3n) is 11.3. The Morgan fingerprint density at radius 3 is 0.863 bits per heavy atom. The van der Waals surface area contributed by atoms with E-state index in [-0.39, 0.29) is 0 Å². The van der Waals surface area contributed by atoms with Gasteiger partial charge in [-0.05, 0) is 85.8 Å². The first-order valence-corrected chi connectivity index (χ1v) is 23.1. The standard InChI is InChI=1S/C50H86O/c1-5-9-13-15-17-19-21-23-25-27-29-31-33-41-47-45(37-11-7-3)39-35-43-49(47)51-50-44-36-40-46(38-12-8-4)48(50)42-34-32-30-28-26-24-22-20-18-16-14-10-6-2/h35-36,39-40,43-44H,5-34,37-38,41-42H2,1-4H3. The molecule has 0 aliphatic rings. The summed E-state index contributed by atoms with van der Waals surface area (Å²) in [6, 6.07) is 13.8. The van der Waals surface area contributed by atoms with Crippen LogP contribution in [0.1, 0.15) is 243 Å². The van der Waals surface area contributed by atoms with Crippen molar-refractivity contribution in [3.05, 3.63) is 58.7 Å². The minimum absolute atomic E-state index is 1.13. The van der Waals surface area contributed by atoms with Crippen molar-refractivity contribution < 1.29 is 4.74 Å². The summed E-state index contributed by atoms with van der Waals surface area (Å²) in [6.07, 6.45) is 46.2. The van der Waals surface area contributed by atoms with E-state index in [1.165, 1.54) is 228 Å². The lowest BCUT2D eigenvalue weighted by Crippen LogP contribution is -2.03. The monoisotopic (exact) mass is 703 g/mol.